The molecule has 1 fully saturated rings. The number of ether oxygens (including phenoxy) is 2. The van der Waals surface area contributed by atoms with Gasteiger partial charge >= 0.3 is 0 Å². The molecule has 0 radical (unpaired) electrons. The van der Waals surface area contributed by atoms with Crippen molar-refractivity contribution in [2.75, 3.05) is 13.2 Å². The van der Waals surface area contributed by atoms with Gasteiger partial charge < -0.3 is 9.47 Å². The first kappa shape index (κ1) is 10.0. The molecule has 0 saturated carbocycles. The van der Waals surface area contributed by atoms with Crippen molar-refractivity contribution < 1.29 is 9.47 Å². The van der Waals surface area contributed by atoms with Crippen LogP contribution in [0.5, 0.6) is 0 Å². The Morgan fingerprint density at radius 2 is 2.08 bits per heavy atom. The molecule has 12 heavy (non-hydrogen) atoms. The highest BCUT2D eigenvalue weighted by Crippen LogP contribution is 2.24. The average Bonchev–Trinajstić information content (AvgIpc) is 2.57. The summed E-state index contributed by atoms with van der Waals surface area (Å²) in [5.74, 6) is 0. The third-order valence-electron chi connectivity index (χ3n) is 2.83. The van der Waals surface area contributed by atoms with E-state index in [9.17, 15) is 0 Å². The maximum atomic E-state index is 5.97. The zero-order valence-corrected chi connectivity index (χ0v) is 8.43. The summed E-state index contributed by atoms with van der Waals surface area (Å²) < 4.78 is 11.2. The molecular formula is C10H20O2. The zero-order chi connectivity index (χ0) is 9.03. The SMILES string of the molecule is CCC(C)(CC)OC1CCOC1. The van der Waals surface area contributed by atoms with Gasteiger partial charge in [0, 0.05) is 6.61 Å². The van der Waals surface area contributed by atoms with Crippen molar-refractivity contribution in [3.8, 4) is 0 Å². The molecule has 1 saturated heterocycles. The molecule has 1 aliphatic heterocycles. The lowest BCUT2D eigenvalue weighted by atomic mass is 10.00. The first-order chi connectivity index (χ1) is 5.70. The van der Waals surface area contributed by atoms with Gasteiger partial charge in [-0.2, -0.15) is 0 Å². The Balaban J connectivity index is 2.35. The predicted molar refractivity (Wildman–Crippen MR) is 49.3 cm³/mol. The van der Waals surface area contributed by atoms with E-state index in [-0.39, 0.29) is 5.60 Å². The van der Waals surface area contributed by atoms with E-state index in [0.29, 0.717) is 6.10 Å². The molecule has 0 amide bonds. The summed E-state index contributed by atoms with van der Waals surface area (Å²) in [4.78, 5) is 0. The smallest absolute Gasteiger partial charge is 0.0837 e. The maximum Gasteiger partial charge on any atom is 0.0837 e. The first-order valence-corrected chi connectivity index (χ1v) is 4.95. The van der Waals surface area contributed by atoms with Crippen LogP contribution >= 0.6 is 0 Å². The molecule has 0 aromatic heterocycles. The average molecular weight is 172 g/mol. The normalized spacial score (nSPS) is 24.8. The molecular weight excluding hydrogens is 152 g/mol. The van der Waals surface area contributed by atoms with E-state index >= 15 is 0 Å². The summed E-state index contributed by atoms with van der Waals surface area (Å²) >= 11 is 0. The second-order valence-electron chi connectivity index (χ2n) is 3.76. The van der Waals surface area contributed by atoms with Gasteiger partial charge in [0.25, 0.3) is 0 Å². The van der Waals surface area contributed by atoms with Gasteiger partial charge in [0.2, 0.25) is 0 Å². The van der Waals surface area contributed by atoms with Gasteiger partial charge in [-0.05, 0) is 26.2 Å². The summed E-state index contributed by atoms with van der Waals surface area (Å²) in [7, 11) is 0. The van der Waals surface area contributed by atoms with Gasteiger partial charge in [-0.25, -0.2) is 0 Å². The fourth-order valence-corrected chi connectivity index (χ4v) is 1.42. The van der Waals surface area contributed by atoms with Gasteiger partial charge in [-0.1, -0.05) is 13.8 Å². The topological polar surface area (TPSA) is 18.5 Å². The van der Waals surface area contributed by atoms with Crippen LogP contribution in [0.2, 0.25) is 0 Å². The van der Waals surface area contributed by atoms with Crippen LogP contribution in [0.25, 0.3) is 0 Å². The zero-order valence-electron chi connectivity index (χ0n) is 8.43. The fourth-order valence-electron chi connectivity index (χ4n) is 1.42. The van der Waals surface area contributed by atoms with Crippen molar-refractivity contribution in [2.45, 2.75) is 51.7 Å². The van der Waals surface area contributed by atoms with Crippen LogP contribution in [0.4, 0.5) is 0 Å². The molecule has 2 nitrogen and oxygen atoms in total. The lowest BCUT2D eigenvalue weighted by Gasteiger charge is -2.30. The van der Waals surface area contributed by atoms with E-state index in [1.54, 1.807) is 0 Å². The standard InChI is InChI=1S/C10H20O2/c1-4-10(3,5-2)12-9-6-7-11-8-9/h9H,4-8H2,1-3H3. The molecule has 2 heteroatoms. The van der Waals surface area contributed by atoms with E-state index in [4.69, 9.17) is 9.47 Å². The lowest BCUT2D eigenvalue weighted by molar-refractivity contribution is -0.0872. The van der Waals surface area contributed by atoms with Crippen molar-refractivity contribution in [1.29, 1.82) is 0 Å². The van der Waals surface area contributed by atoms with Crippen LogP contribution in [0.3, 0.4) is 0 Å². The number of hydrogen-bond donors (Lipinski definition) is 0. The minimum atomic E-state index is 0.0678. The highest BCUT2D eigenvalue weighted by atomic mass is 16.6. The van der Waals surface area contributed by atoms with Crippen LogP contribution in [-0.2, 0) is 9.47 Å². The van der Waals surface area contributed by atoms with Crippen LogP contribution in [0.15, 0.2) is 0 Å². The fraction of sp³-hybridized carbons (Fsp3) is 1.00. The summed E-state index contributed by atoms with van der Waals surface area (Å²) in [5.41, 5.74) is 0.0678. The molecule has 1 unspecified atom stereocenters. The molecule has 72 valence electrons. The summed E-state index contributed by atoms with van der Waals surface area (Å²) in [6.07, 6.45) is 3.57. The minimum absolute atomic E-state index is 0.0678. The van der Waals surface area contributed by atoms with Gasteiger partial charge in [-0.15, -0.1) is 0 Å². The Hall–Kier alpha value is -0.0800. The molecule has 1 aliphatic rings. The van der Waals surface area contributed by atoms with Crippen molar-refractivity contribution in [3.05, 3.63) is 0 Å². The predicted octanol–water partition coefficient (Wildman–Crippen LogP) is 2.37. The van der Waals surface area contributed by atoms with Gasteiger partial charge in [0.15, 0.2) is 0 Å². The van der Waals surface area contributed by atoms with E-state index in [1.807, 2.05) is 0 Å². The van der Waals surface area contributed by atoms with E-state index < -0.39 is 0 Å². The largest absolute Gasteiger partial charge is 0.379 e. The minimum Gasteiger partial charge on any atom is -0.379 e. The van der Waals surface area contributed by atoms with Crippen LogP contribution in [0.1, 0.15) is 40.0 Å². The monoisotopic (exact) mass is 172 g/mol. The molecule has 0 N–H and O–H groups in total. The van der Waals surface area contributed by atoms with Crippen molar-refractivity contribution in [2.24, 2.45) is 0 Å². The third kappa shape index (κ3) is 2.46. The maximum absolute atomic E-state index is 5.97. The third-order valence-corrected chi connectivity index (χ3v) is 2.83. The van der Waals surface area contributed by atoms with Gasteiger partial charge in [-0.3, -0.25) is 0 Å². The second kappa shape index (κ2) is 4.24. The van der Waals surface area contributed by atoms with E-state index in [2.05, 4.69) is 20.8 Å². The summed E-state index contributed by atoms with van der Waals surface area (Å²) in [6.45, 7) is 8.20. The van der Waals surface area contributed by atoms with Crippen molar-refractivity contribution in [1.82, 2.24) is 0 Å². The number of hydrogen-bond acceptors (Lipinski definition) is 2. The molecule has 0 aromatic carbocycles. The van der Waals surface area contributed by atoms with Crippen LogP contribution in [-0.4, -0.2) is 24.9 Å². The molecule has 0 aromatic rings. The van der Waals surface area contributed by atoms with Crippen molar-refractivity contribution >= 4 is 0 Å². The lowest BCUT2D eigenvalue weighted by Crippen LogP contribution is -2.32. The van der Waals surface area contributed by atoms with E-state index in [0.717, 1.165) is 32.5 Å². The van der Waals surface area contributed by atoms with Crippen LogP contribution < -0.4 is 0 Å². The molecule has 1 heterocycles. The highest BCUT2D eigenvalue weighted by Gasteiger charge is 2.27. The molecule has 1 atom stereocenters. The van der Waals surface area contributed by atoms with E-state index in [1.165, 1.54) is 0 Å². The molecule has 0 bridgehead atoms. The number of rotatable bonds is 4. The second-order valence-corrected chi connectivity index (χ2v) is 3.76. The quantitative estimate of drug-likeness (QED) is 0.648. The van der Waals surface area contributed by atoms with Crippen LogP contribution in [0, 0.1) is 0 Å². The molecule has 0 spiro atoms. The van der Waals surface area contributed by atoms with Gasteiger partial charge in [0.05, 0.1) is 18.3 Å². The van der Waals surface area contributed by atoms with Crippen molar-refractivity contribution in [3.63, 3.8) is 0 Å². The Morgan fingerprint density at radius 1 is 1.42 bits per heavy atom. The first-order valence-electron chi connectivity index (χ1n) is 4.95. The summed E-state index contributed by atoms with van der Waals surface area (Å²) in [5, 5.41) is 0. The molecule has 0 aliphatic carbocycles. The highest BCUT2D eigenvalue weighted by molar-refractivity contribution is 4.75. The Labute approximate surface area is 75.2 Å². The Kier molecular flexibility index (Phi) is 3.53. The Morgan fingerprint density at radius 3 is 2.50 bits per heavy atom. The van der Waals surface area contributed by atoms with Gasteiger partial charge in [0.1, 0.15) is 0 Å². The summed E-state index contributed by atoms with van der Waals surface area (Å²) in [6, 6.07) is 0. The molecule has 1 rings (SSSR count). The Bertz CT molecular complexity index is 124.